The maximum atomic E-state index is 12.5. The molecule has 3 rings (SSSR count). The zero-order valence-electron chi connectivity index (χ0n) is 22.3. The second-order valence-electron chi connectivity index (χ2n) is 9.70. The Morgan fingerprint density at radius 3 is 1.83 bits per heavy atom. The Hall–Kier alpha value is -1.85. The van der Waals surface area contributed by atoms with Crippen molar-refractivity contribution in [3.63, 3.8) is 0 Å². The first kappa shape index (κ1) is 28.7. The Morgan fingerprint density at radius 1 is 0.667 bits per heavy atom. The molecule has 0 amide bonds. The maximum absolute atomic E-state index is 12.5. The Balaban J connectivity index is 1.38. The minimum Gasteiger partial charge on any atom is -0.494 e. The van der Waals surface area contributed by atoms with Crippen molar-refractivity contribution >= 4 is 38.0 Å². The first-order chi connectivity index (χ1) is 17.7. The maximum Gasteiger partial charge on any atom is 0.348 e. The Kier molecular flexibility index (Phi) is 13.4. The summed E-state index contributed by atoms with van der Waals surface area (Å²) >= 11 is 3.27. The lowest BCUT2D eigenvalue weighted by Crippen LogP contribution is -2.04. The second kappa shape index (κ2) is 16.8. The number of unbranched alkanes of at least 4 members (excludes halogenated alkanes) is 12. The van der Waals surface area contributed by atoms with E-state index in [0.29, 0.717) is 11.5 Å². The third kappa shape index (κ3) is 9.89. The molecule has 0 aliphatic carbocycles. The third-order valence-corrected chi connectivity index (χ3v) is 8.87. The van der Waals surface area contributed by atoms with Gasteiger partial charge in [-0.15, -0.1) is 22.7 Å². The monoisotopic (exact) mass is 528 g/mol. The van der Waals surface area contributed by atoms with Crippen molar-refractivity contribution in [2.24, 2.45) is 0 Å². The molecule has 198 valence electrons. The highest BCUT2D eigenvalue weighted by Crippen LogP contribution is 2.39. The molecule has 1 aromatic carbocycles. The van der Waals surface area contributed by atoms with Crippen molar-refractivity contribution in [3.8, 4) is 16.2 Å². The molecule has 0 unspecified atom stereocenters. The molecule has 0 spiro atoms. The first-order valence-corrected chi connectivity index (χ1v) is 15.8. The molecule has 0 bridgehead atoms. The summed E-state index contributed by atoms with van der Waals surface area (Å²) in [4.78, 5) is 14.4. The van der Waals surface area contributed by atoms with Crippen molar-refractivity contribution in [2.45, 2.75) is 104 Å². The molecule has 2 aromatic heterocycles. The molecule has 0 N–H and O–H groups in total. The molecular weight excluding hydrogens is 484 g/mol. The van der Waals surface area contributed by atoms with Gasteiger partial charge in [0.2, 0.25) is 0 Å². The summed E-state index contributed by atoms with van der Waals surface area (Å²) in [5.41, 5.74) is 1.19. The molecule has 0 aliphatic heterocycles. The molecule has 5 heteroatoms. The quantitative estimate of drug-likeness (QED) is 0.115. The van der Waals surface area contributed by atoms with Crippen molar-refractivity contribution in [3.05, 3.63) is 41.3 Å². The number of hydrogen-bond donors (Lipinski definition) is 0. The van der Waals surface area contributed by atoms with Crippen molar-refractivity contribution in [1.82, 2.24) is 0 Å². The number of ether oxygens (including phenoxy) is 2. The van der Waals surface area contributed by atoms with Crippen LogP contribution < -0.4 is 4.74 Å². The van der Waals surface area contributed by atoms with Gasteiger partial charge in [-0.05, 0) is 54.8 Å². The lowest BCUT2D eigenvalue weighted by atomic mass is 10.1. The summed E-state index contributed by atoms with van der Waals surface area (Å²) in [6.45, 7) is 5.81. The molecule has 0 saturated carbocycles. The van der Waals surface area contributed by atoms with Gasteiger partial charge >= 0.3 is 5.97 Å². The highest BCUT2D eigenvalue weighted by Gasteiger charge is 2.14. The van der Waals surface area contributed by atoms with Crippen LogP contribution in [-0.4, -0.2) is 19.2 Å². The summed E-state index contributed by atoms with van der Waals surface area (Å²) in [6.07, 6.45) is 17.6. The first-order valence-electron chi connectivity index (χ1n) is 14.1. The van der Waals surface area contributed by atoms with Crippen LogP contribution in [0.2, 0.25) is 0 Å². The van der Waals surface area contributed by atoms with E-state index in [1.54, 1.807) is 11.3 Å². The van der Waals surface area contributed by atoms with Crippen LogP contribution in [0, 0.1) is 0 Å². The zero-order valence-corrected chi connectivity index (χ0v) is 24.0. The molecule has 0 radical (unpaired) electrons. The summed E-state index contributed by atoms with van der Waals surface area (Å²) in [6, 6.07) is 12.6. The molecule has 0 saturated heterocycles. The number of carbonyl (C=O) groups is 1. The minimum atomic E-state index is -0.181. The van der Waals surface area contributed by atoms with E-state index >= 15 is 0 Å². The highest BCUT2D eigenvalue weighted by atomic mass is 32.1. The Bertz CT molecular complexity index is 971. The molecule has 0 fully saturated rings. The van der Waals surface area contributed by atoms with Crippen LogP contribution in [0.3, 0.4) is 0 Å². The summed E-state index contributed by atoms with van der Waals surface area (Å²) in [5.74, 6) is 0.756. The van der Waals surface area contributed by atoms with Crippen LogP contribution >= 0.6 is 22.7 Å². The van der Waals surface area contributed by atoms with E-state index in [9.17, 15) is 4.79 Å². The summed E-state index contributed by atoms with van der Waals surface area (Å²) < 4.78 is 13.7. The third-order valence-electron chi connectivity index (χ3n) is 6.54. The number of benzene rings is 1. The van der Waals surface area contributed by atoms with Crippen LogP contribution in [0.5, 0.6) is 5.75 Å². The van der Waals surface area contributed by atoms with Gasteiger partial charge in [0.25, 0.3) is 0 Å². The van der Waals surface area contributed by atoms with E-state index in [1.807, 2.05) is 6.07 Å². The van der Waals surface area contributed by atoms with Crippen molar-refractivity contribution in [1.29, 1.82) is 0 Å². The average molecular weight is 529 g/mol. The van der Waals surface area contributed by atoms with Gasteiger partial charge in [0.05, 0.1) is 13.2 Å². The highest BCUT2D eigenvalue weighted by molar-refractivity contribution is 7.30. The van der Waals surface area contributed by atoms with Gasteiger partial charge in [-0.3, -0.25) is 0 Å². The summed E-state index contributed by atoms with van der Waals surface area (Å²) in [7, 11) is 0. The molecule has 0 aliphatic rings. The lowest BCUT2D eigenvalue weighted by Gasteiger charge is -2.07. The number of esters is 1. The van der Waals surface area contributed by atoms with Crippen LogP contribution in [-0.2, 0) is 4.74 Å². The Morgan fingerprint density at radius 2 is 1.22 bits per heavy atom. The van der Waals surface area contributed by atoms with Gasteiger partial charge < -0.3 is 9.47 Å². The summed E-state index contributed by atoms with van der Waals surface area (Å²) in [5, 5.41) is 0. The van der Waals surface area contributed by atoms with E-state index in [-0.39, 0.29) is 5.97 Å². The average Bonchev–Trinajstić information content (AvgIpc) is 3.47. The smallest absolute Gasteiger partial charge is 0.348 e. The SMILES string of the molecule is CCCCCCCCCCOC(=O)c1cc2sc(-c3ccc(OCCCCCCCC)cc3)cc2s1. The molecule has 36 heavy (non-hydrogen) atoms. The number of fused-ring (bicyclic) bond motifs is 1. The van der Waals surface area contributed by atoms with E-state index < -0.39 is 0 Å². The van der Waals surface area contributed by atoms with Gasteiger partial charge in [-0.2, -0.15) is 0 Å². The van der Waals surface area contributed by atoms with Crippen LogP contribution in [0.4, 0.5) is 0 Å². The predicted octanol–water partition coefficient (Wildman–Crippen LogP) is 10.7. The molecule has 2 heterocycles. The van der Waals surface area contributed by atoms with Crippen molar-refractivity contribution in [2.75, 3.05) is 13.2 Å². The molecule has 3 aromatic rings. The number of hydrogen-bond acceptors (Lipinski definition) is 5. The van der Waals surface area contributed by atoms with Gasteiger partial charge in [0.15, 0.2) is 0 Å². The minimum absolute atomic E-state index is 0.181. The zero-order chi connectivity index (χ0) is 25.4. The van der Waals surface area contributed by atoms with Gasteiger partial charge in [0, 0.05) is 14.3 Å². The standard InChI is InChI=1S/C31H44O3S2/c1-3-5-7-9-11-12-14-16-22-34-31(32)30-24-29-28(36-30)23-27(35-29)25-17-19-26(20-18-25)33-21-15-13-10-8-6-4-2/h17-20,23-24H,3-16,21-22H2,1-2H3. The van der Waals surface area contributed by atoms with E-state index in [4.69, 9.17) is 9.47 Å². The van der Waals surface area contributed by atoms with Crippen LogP contribution in [0.25, 0.3) is 19.8 Å². The lowest BCUT2D eigenvalue weighted by molar-refractivity contribution is 0.0503. The van der Waals surface area contributed by atoms with E-state index in [2.05, 4.69) is 44.2 Å². The predicted molar refractivity (Wildman–Crippen MR) is 157 cm³/mol. The number of rotatable bonds is 19. The second-order valence-corrected chi connectivity index (χ2v) is 11.9. The van der Waals surface area contributed by atoms with Crippen LogP contribution in [0.1, 0.15) is 113 Å². The van der Waals surface area contributed by atoms with Crippen molar-refractivity contribution < 1.29 is 14.3 Å². The fourth-order valence-electron chi connectivity index (χ4n) is 4.34. The van der Waals surface area contributed by atoms with Gasteiger partial charge in [0.1, 0.15) is 10.6 Å². The Labute approximate surface area is 226 Å². The van der Waals surface area contributed by atoms with Gasteiger partial charge in [-0.25, -0.2) is 4.79 Å². The largest absolute Gasteiger partial charge is 0.494 e. The fraction of sp³-hybridized carbons (Fsp3) is 0.581. The molecule has 0 atom stereocenters. The number of thiophene rings is 2. The topological polar surface area (TPSA) is 35.5 Å². The molecule has 3 nitrogen and oxygen atoms in total. The normalized spacial score (nSPS) is 11.3. The van der Waals surface area contributed by atoms with E-state index in [1.165, 1.54) is 92.4 Å². The van der Waals surface area contributed by atoms with Crippen LogP contribution in [0.15, 0.2) is 36.4 Å². The number of carbonyl (C=O) groups excluding carboxylic acids is 1. The molecular formula is C31H44O3S2. The van der Waals surface area contributed by atoms with E-state index in [0.717, 1.165) is 41.0 Å². The fourth-order valence-corrected chi connectivity index (χ4v) is 6.63. The van der Waals surface area contributed by atoms with Gasteiger partial charge in [-0.1, -0.05) is 90.9 Å².